The average molecular weight is 228 g/mol. The van der Waals surface area contributed by atoms with E-state index in [1.165, 1.54) is 12.1 Å². The van der Waals surface area contributed by atoms with E-state index in [1.54, 1.807) is 25.1 Å². The Morgan fingerprint density at radius 2 is 1.94 bits per heavy atom. The summed E-state index contributed by atoms with van der Waals surface area (Å²) in [6.45, 7) is 1.86. The van der Waals surface area contributed by atoms with Crippen LogP contribution in [0.25, 0.3) is 0 Å². The van der Waals surface area contributed by atoms with E-state index < -0.39 is 18.3 Å². The molecule has 1 rings (SSSR count). The highest BCUT2D eigenvalue weighted by Crippen LogP contribution is 2.32. The second kappa shape index (κ2) is 5.58. The fourth-order valence-corrected chi connectivity index (χ4v) is 1.32. The van der Waals surface area contributed by atoms with E-state index >= 15 is 0 Å². The molecule has 0 saturated carbocycles. The molecule has 0 saturated heterocycles. The van der Waals surface area contributed by atoms with Gasteiger partial charge in [-0.1, -0.05) is 30.3 Å². The van der Waals surface area contributed by atoms with E-state index in [4.69, 9.17) is 0 Å². The SMILES string of the molecule is CCOC(=O)CCC(F)(F)c1ccccc1. The maximum absolute atomic E-state index is 13.5. The molecule has 0 atom stereocenters. The Morgan fingerprint density at radius 1 is 1.31 bits per heavy atom. The molecule has 0 fully saturated rings. The molecule has 0 unspecified atom stereocenters. The molecule has 0 radical (unpaired) electrons. The summed E-state index contributed by atoms with van der Waals surface area (Å²) in [7, 11) is 0. The van der Waals surface area contributed by atoms with E-state index in [0.717, 1.165) is 0 Å². The molecule has 0 N–H and O–H groups in total. The maximum atomic E-state index is 13.5. The van der Waals surface area contributed by atoms with Crippen LogP contribution in [0, 0.1) is 0 Å². The van der Waals surface area contributed by atoms with Crippen LogP contribution in [0.3, 0.4) is 0 Å². The molecule has 0 aromatic heterocycles. The summed E-state index contributed by atoms with van der Waals surface area (Å²) in [5, 5.41) is 0. The van der Waals surface area contributed by atoms with E-state index in [9.17, 15) is 13.6 Å². The highest BCUT2D eigenvalue weighted by atomic mass is 19.3. The van der Waals surface area contributed by atoms with Crippen LogP contribution in [0.15, 0.2) is 30.3 Å². The third-order valence-corrected chi connectivity index (χ3v) is 2.14. The number of hydrogen-bond acceptors (Lipinski definition) is 2. The monoisotopic (exact) mass is 228 g/mol. The molecule has 16 heavy (non-hydrogen) atoms. The Bertz CT molecular complexity index is 336. The number of benzene rings is 1. The summed E-state index contributed by atoms with van der Waals surface area (Å²) in [6, 6.07) is 7.47. The van der Waals surface area contributed by atoms with Gasteiger partial charge in [0.1, 0.15) is 0 Å². The smallest absolute Gasteiger partial charge is 0.306 e. The fraction of sp³-hybridized carbons (Fsp3) is 0.417. The van der Waals surface area contributed by atoms with E-state index in [2.05, 4.69) is 4.74 Å². The minimum atomic E-state index is -2.98. The Balaban J connectivity index is 2.55. The summed E-state index contributed by atoms with van der Waals surface area (Å²) in [5.41, 5.74) is -0.0701. The zero-order valence-corrected chi connectivity index (χ0v) is 9.08. The normalized spacial score (nSPS) is 11.2. The van der Waals surface area contributed by atoms with E-state index in [0.29, 0.717) is 0 Å². The first-order valence-corrected chi connectivity index (χ1v) is 5.15. The van der Waals surface area contributed by atoms with Gasteiger partial charge >= 0.3 is 5.97 Å². The van der Waals surface area contributed by atoms with Gasteiger partial charge in [-0.15, -0.1) is 0 Å². The van der Waals surface area contributed by atoms with E-state index in [-0.39, 0.29) is 18.6 Å². The van der Waals surface area contributed by atoms with Crippen molar-refractivity contribution in [1.82, 2.24) is 0 Å². The van der Waals surface area contributed by atoms with Crippen molar-refractivity contribution in [2.45, 2.75) is 25.7 Å². The first-order valence-electron chi connectivity index (χ1n) is 5.15. The van der Waals surface area contributed by atoms with Crippen molar-refractivity contribution in [3.63, 3.8) is 0 Å². The van der Waals surface area contributed by atoms with Crippen molar-refractivity contribution in [3.05, 3.63) is 35.9 Å². The third kappa shape index (κ3) is 3.61. The molecule has 4 heteroatoms. The molecule has 0 bridgehead atoms. The van der Waals surface area contributed by atoms with Crippen LogP contribution in [0.2, 0.25) is 0 Å². The lowest BCUT2D eigenvalue weighted by Gasteiger charge is -2.15. The minimum Gasteiger partial charge on any atom is -0.466 e. The average Bonchev–Trinajstić information content (AvgIpc) is 2.28. The molecule has 1 aromatic rings. The quantitative estimate of drug-likeness (QED) is 0.724. The van der Waals surface area contributed by atoms with Crippen molar-refractivity contribution in [2.24, 2.45) is 0 Å². The van der Waals surface area contributed by atoms with Gasteiger partial charge < -0.3 is 4.74 Å². The number of esters is 1. The van der Waals surface area contributed by atoms with Gasteiger partial charge in [0.2, 0.25) is 0 Å². The van der Waals surface area contributed by atoms with Crippen molar-refractivity contribution in [3.8, 4) is 0 Å². The fourth-order valence-electron chi connectivity index (χ4n) is 1.32. The number of carbonyl (C=O) groups excluding carboxylic acids is 1. The van der Waals surface area contributed by atoms with Crippen LogP contribution in [-0.2, 0) is 15.5 Å². The molecule has 0 aliphatic heterocycles. The highest BCUT2D eigenvalue weighted by Gasteiger charge is 2.31. The second-order valence-electron chi connectivity index (χ2n) is 3.38. The van der Waals surface area contributed by atoms with Crippen molar-refractivity contribution in [1.29, 1.82) is 0 Å². The summed E-state index contributed by atoms with van der Waals surface area (Å²) in [6.07, 6.45) is -0.786. The zero-order valence-electron chi connectivity index (χ0n) is 9.08. The molecular weight excluding hydrogens is 214 g/mol. The highest BCUT2D eigenvalue weighted by molar-refractivity contribution is 5.69. The van der Waals surface area contributed by atoms with Gasteiger partial charge in [-0.05, 0) is 6.92 Å². The summed E-state index contributed by atoms with van der Waals surface area (Å²) in [5.74, 6) is -3.56. The molecule has 0 aliphatic carbocycles. The Kier molecular flexibility index (Phi) is 4.40. The lowest BCUT2D eigenvalue weighted by molar-refractivity contribution is -0.145. The topological polar surface area (TPSA) is 26.3 Å². The largest absolute Gasteiger partial charge is 0.466 e. The molecular formula is C12H14F2O2. The first kappa shape index (κ1) is 12.6. The van der Waals surface area contributed by atoms with Gasteiger partial charge in [-0.2, -0.15) is 0 Å². The van der Waals surface area contributed by atoms with Crippen LogP contribution in [0.1, 0.15) is 25.3 Å². The molecule has 2 nitrogen and oxygen atoms in total. The van der Waals surface area contributed by atoms with Crippen molar-refractivity contribution < 1.29 is 18.3 Å². The van der Waals surface area contributed by atoms with Gasteiger partial charge in [-0.3, -0.25) is 4.79 Å². The summed E-state index contributed by atoms with van der Waals surface area (Å²) < 4.78 is 31.7. The van der Waals surface area contributed by atoms with Crippen LogP contribution in [0.5, 0.6) is 0 Å². The Hall–Kier alpha value is -1.45. The first-order chi connectivity index (χ1) is 7.56. The Labute approximate surface area is 93.2 Å². The molecule has 1 aromatic carbocycles. The van der Waals surface area contributed by atoms with Crippen LogP contribution in [-0.4, -0.2) is 12.6 Å². The molecule has 0 aliphatic rings. The number of halogens is 2. The molecule has 88 valence electrons. The molecule has 0 amide bonds. The lowest BCUT2D eigenvalue weighted by atomic mass is 10.0. The van der Waals surface area contributed by atoms with E-state index in [1.807, 2.05) is 0 Å². The number of ether oxygens (including phenoxy) is 1. The number of carbonyl (C=O) groups is 1. The van der Waals surface area contributed by atoms with Crippen LogP contribution in [0.4, 0.5) is 8.78 Å². The van der Waals surface area contributed by atoms with Gasteiger partial charge in [-0.25, -0.2) is 8.78 Å². The number of hydrogen-bond donors (Lipinski definition) is 0. The van der Waals surface area contributed by atoms with Crippen LogP contribution >= 0.6 is 0 Å². The Morgan fingerprint density at radius 3 is 2.50 bits per heavy atom. The third-order valence-electron chi connectivity index (χ3n) is 2.14. The summed E-state index contributed by atoms with van der Waals surface area (Å²) in [4.78, 5) is 11.0. The standard InChI is InChI=1S/C12H14F2O2/c1-2-16-11(15)8-9-12(13,14)10-6-4-3-5-7-10/h3-7H,2,8-9H2,1H3. The number of rotatable bonds is 5. The van der Waals surface area contributed by atoms with Crippen molar-refractivity contribution in [2.75, 3.05) is 6.61 Å². The molecule has 0 spiro atoms. The molecule has 0 heterocycles. The minimum absolute atomic E-state index is 0.0701. The van der Waals surface area contributed by atoms with Gasteiger partial charge in [0.15, 0.2) is 0 Å². The van der Waals surface area contributed by atoms with Gasteiger partial charge in [0, 0.05) is 12.0 Å². The number of alkyl halides is 2. The predicted octanol–water partition coefficient (Wildman–Crippen LogP) is 3.12. The summed E-state index contributed by atoms with van der Waals surface area (Å²) >= 11 is 0. The van der Waals surface area contributed by atoms with Crippen LogP contribution < -0.4 is 0 Å². The maximum Gasteiger partial charge on any atom is 0.306 e. The lowest BCUT2D eigenvalue weighted by Crippen LogP contribution is -2.16. The van der Waals surface area contributed by atoms with Gasteiger partial charge in [0.25, 0.3) is 5.92 Å². The zero-order chi connectivity index (χ0) is 12.0. The second-order valence-corrected chi connectivity index (χ2v) is 3.38. The predicted molar refractivity (Wildman–Crippen MR) is 56.2 cm³/mol. The van der Waals surface area contributed by atoms with Crippen molar-refractivity contribution >= 4 is 5.97 Å². The van der Waals surface area contributed by atoms with Gasteiger partial charge in [0.05, 0.1) is 13.0 Å².